The van der Waals surface area contributed by atoms with E-state index < -0.39 is 12.0 Å². The van der Waals surface area contributed by atoms with E-state index in [1.807, 2.05) is 4.90 Å². The van der Waals surface area contributed by atoms with E-state index in [-0.39, 0.29) is 0 Å². The fraction of sp³-hybridized carbons (Fsp3) is 0.583. The molecule has 0 spiro atoms. The molecule has 0 saturated carbocycles. The number of nitrogens with one attached hydrogen (secondary N) is 1. The summed E-state index contributed by atoms with van der Waals surface area (Å²) in [5.41, 5.74) is 1.26. The molecular formula is C12H18N2O2S. The molecule has 2 rings (SSSR count). The van der Waals surface area contributed by atoms with Crippen LogP contribution in [-0.2, 0) is 11.3 Å². The molecule has 1 fully saturated rings. The molecule has 17 heavy (non-hydrogen) atoms. The lowest BCUT2D eigenvalue weighted by Crippen LogP contribution is -2.54. The maximum absolute atomic E-state index is 11.2. The molecule has 0 amide bonds. The molecular weight excluding hydrogens is 236 g/mol. The largest absolute Gasteiger partial charge is 0.480 e. The Morgan fingerprint density at radius 3 is 3.00 bits per heavy atom. The van der Waals surface area contributed by atoms with Gasteiger partial charge in [0, 0.05) is 35.9 Å². The minimum Gasteiger partial charge on any atom is -0.480 e. The summed E-state index contributed by atoms with van der Waals surface area (Å²) in [5.74, 6) is -0.734. The van der Waals surface area contributed by atoms with E-state index in [0.29, 0.717) is 6.54 Å². The van der Waals surface area contributed by atoms with Crippen molar-refractivity contribution in [1.29, 1.82) is 0 Å². The van der Waals surface area contributed by atoms with Gasteiger partial charge in [0.15, 0.2) is 0 Å². The number of thiophene rings is 1. The number of hydrogen-bond donors (Lipinski definition) is 2. The first kappa shape index (κ1) is 12.5. The van der Waals surface area contributed by atoms with Crippen molar-refractivity contribution in [3.05, 3.63) is 21.4 Å². The van der Waals surface area contributed by atoms with Crippen LogP contribution < -0.4 is 5.32 Å². The molecule has 0 radical (unpaired) electrons. The summed E-state index contributed by atoms with van der Waals surface area (Å²) in [5, 5.41) is 12.3. The zero-order chi connectivity index (χ0) is 12.4. The second-order valence-electron chi connectivity index (χ2n) is 4.47. The highest BCUT2D eigenvalue weighted by Gasteiger charge is 2.28. The Morgan fingerprint density at radius 1 is 1.65 bits per heavy atom. The molecule has 1 aromatic heterocycles. The molecule has 2 N–H and O–H groups in total. The number of carboxylic acids is 1. The fourth-order valence-corrected chi connectivity index (χ4v) is 3.18. The maximum Gasteiger partial charge on any atom is 0.322 e. The van der Waals surface area contributed by atoms with Crippen LogP contribution in [0.5, 0.6) is 0 Å². The molecule has 1 unspecified atom stereocenters. The van der Waals surface area contributed by atoms with Crippen molar-refractivity contribution in [2.75, 3.05) is 19.6 Å². The smallest absolute Gasteiger partial charge is 0.322 e. The molecule has 1 aromatic rings. The van der Waals surface area contributed by atoms with Gasteiger partial charge in [0.05, 0.1) is 0 Å². The number of aryl methyl sites for hydroxylation is 2. The van der Waals surface area contributed by atoms with Crippen LogP contribution in [0.15, 0.2) is 6.07 Å². The standard InChI is InChI=1S/C12H18N2O2S/c1-8-5-10(9(2)17-8)7-14-4-3-13-6-11(14)12(15)16/h5,11,13H,3-4,6-7H2,1-2H3,(H,15,16). The van der Waals surface area contributed by atoms with E-state index in [2.05, 4.69) is 25.2 Å². The van der Waals surface area contributed by atoms with Crippen molar-refractivity contribution < 1.29 is 9.90 Å². The third kappa shape index (κ3) is 2.86. The van der Waals surface area contributed by atoms with Gasteiger partial charge in [-0.2, -0.15) is 0 Å². The molecule has 2 heterocycles. The summed E-state index contributed by atoms with van der Waals surface area (Å²) in [6.07, 6.45) is 0. The van der Waals surface area contributed by atoms with Crippen molar-refractivity contribution in [2.45, 2.75) is 26.4 Å². The second-order valence-corrected chi connectivity index (χ2v) is 5.93. The first-order valence-electron chi connectivity index (χ1n) is 5.81. The van der Waals surface area contributed by atoms with E-state index in [0.717, 1.165) is 19.6 Å². The van der Waals surface area contributed by atoms with Gasteiger partial charge in [-0.1, -0.05) is 0 Å². The van der Waals surface area contributed by atoms with Crippen LogP contribution in [0.4, 0.5) is 0 Å². The average molecular weight is 254 g/mol. The lowest BCUT2D eigenvalue weighted by atomic mass is 10.1. The number of aliphatic carboxylic acids is 1. The van der Waals surface area contributed by atoms with Crippen molar-refractivity contribution in [3.8, 4) is 0 Å². The third-order valence-corrected chi connectivity index (χ3v) is 4.16. The lowest BCUT2D eigenvalue weighted by molar-refractivity contribution is -0.144. The molecule has 94 valence electrons. The van der Waals surface area contributed by atoms with E-state index in [1.54, 1.807) is 11.3 Å². The molecule has 0 aliphatic carbocycles. The van der Waals surface area contributed by atoms with Crippen molar-refractivity contribution in [3.63, 3.8) is 0 Å². The van der Waals surface area contributed by atoms with Gasteiger partial charge in [-0.3, -0.25) is 9.69 Å². The van der Waals surface area contributed by atoms with Gasteiger partial charge in [-0.25, -0.2) is 0 Å². The zero-order valence-electron chi connectivity index (χ0n) is 10.2. The van der Waals surface area contributed by atoms with Gasteiger partial charge in [0.25, 0.3) is 0 Å². The Balaban J connectivity index is 2.10. The Labute approximate surface area is 105 Å². The average Bonchev–Trinajstić information content (AvgIpc) is 2.58. The van der Waals surface area contributed by atoms with Crippen LogP contribution in [0.1, 0.15) is 15.3 Å². The molecule has 4 nitrogen and oxygen atoms in total. The summed E-state index contributed by atoms with van der Waals surface area (Å²) in [7, 11) is 0. The summed E-state index contributed by atoms with van der Waals surface area (Å²) >= 11 is 1.78. The minimum absolute atomic E-state index is 0.400. The molecule has 1 saturated heterocycles. The molecule has 0 aromatic carbocycles. The zero-order valence-corrected chi connectivity index (χ0v) is 11.0. The fourth-order valence-electron chi connectivity index (χ4n) is 2.24. The Kier molecular flexibility index (Phi) is 3.81. The normalized spacial score (nSPS) is 21.6. The first-order valence-corrected chi connectivity index (χ1v) is 6.63. The molecule has 1 aliphatic rings. The highest BCUT2D eigenvalue weighted by Crippen LogP contribution is 2.23. The molecule has 1 aliphatic heterocycles. The summed E-state index contributed by atoms with van der Waals surface area (Å²) in [4.78, 5) is 15.8. The number of piperazine rings is 1. The monoisotopic (exact) mass is 254 g/mol. The van der Waals surface area contributed by atoms with Crippen LogP contribution in [0, 0.1) is 13.8 Å². The number of hydrogen-bond acceptors (Lipinski definition) is 4. The quantitative estimate of drug-likeness (QED) is 0.851. The number of rotatable bonds is 3. The predicted octanol–water partition coefficient (Wildman–Crippen LogP) is 1.22. The van der Waals surface area contributed by atoms with Crippen molar-refractivity contribution in [2.24, 2.45) is 0 Å². The molecule has 5 heteroatoms. The van der Waals surface area contributed by atoms with Gasteiger partial charge in [0.2, 0.25) is 0 Å². The Bertz CT molecular complexity index is 417. The van der Waals surface area contributed by atoms with E-state index in [9.17, 15) is 9.90 Å². The lowest BCUT2D eigenvalue weighted by Gasteiger charge is -2.33. The number of carbonyl (C=O) groups is 1. The number of carboxylic acid groups (broad SMARTS) is 1. The van der Waals surface area contributed by atoms with E-state index in [1.165, 1.54) is 15.3 Å². The van der Waals surface area contributed by atoms with Gasteiger partial charge in [0.1, 0.15) is 6.04 Å². The summed E-state index contributed by atoms with van der Waals surface area (Å²) < 4.78 is 0. The van der Waals surface area contributed by atoms with Gasteiger partial charge in [-0.15, -0.1) is 11.3 Å². The van der Waals surface area contributed by atoms with Gasteiger partial charge in [-0.05, 0) is 25.5 Å². The SMILES string of the molecule is Cc1cc(CN2CCNCC2C(=O)O)c(C)s1. The highest BCUT2D eigenvalue weighted by molar-refractivity contribution is 7.12. The van der Waals surface area contributed by atoms with Gasteiger partial charge < -0.3 is 10.4 Å². The van der Waals surface area contributed by atoms with Crippen LogP contribution in [0.2, 0.25) is 0 Å². The predicted molar refractivity (Wildman–Crippen MR) is 68.5 cm³/mol. The van der Waals surface area contributed by atoms with Crippen molar-refractivity contribution >= 4 is 17.3 Å². The number of nitrogens with zero attached hydrogens (tertiary/aromatic N) is 1. The van der Waals surface area contributed by atoms with Gasteiger partial charge >= 0.3 is 5.97 Å². The summed E-state index contributed by atoms with van der Waals surface area (Å²) in [6, 6.07) is 1.77. The van der Waals surface area contributed by atoms with E-state index in [4.69, 9.17) is 0 Å². The van der Waals surface area contributed by atoms with Crippen LogP contribution in [0.25, 0.3) is 0 Å². The topological polar surface area (TPSA) is 52.6 Å². The Morgan fingerprint density at radius 2 is 2.41 bits per heavy atom. The Hall–Kier alpha value is -0.910. The first-order chi connectivity index (χ1) is 8.08. The third-order valence-electron chi connectivity index (χ3n) is 3.16. The molecule has 1 atom stereocenters. The van der Waals surface area contributed by atoms with Crippen molar-refractivity contribution in [1.82, 2.24) is 10.2 Å². The maximum atomic E-state index is 11.2. The molecule has 0 bridgehead atoms. The summed E-state index contributed by atoms with van der Waals surface area (Å²) in [6.45, 7) is 7.14. The minimum atomic E-state index is -0.734. The second kappa shape index (κ2) is 5.16. The highest BCUT2D eigenvalue weighted by atomic mass is 32.1. The van der Waals surface area contributed by atoms with Crippen LogP contribution in [-0.4, -0.2) is 41.7 Å². The van der Waals surface area contributed by atoms with E-state index >= 15 is 0 Å². The van der Waals surface area contributed by atoms with Crippen LogP contribution >= 0.6 is 11.3 Å². The van der Waals surface area contributed by atoms with Crippen LogP contribution in [0.3, 0.4) is 0 Å².